The van der Waals surface area contributed by atoms with Crippen LogP contribution in [0, 0.1) is 11.6 Å². The minimum Gasteiger partial charge on any atom is -0.396 e. The zero-order valence-corrected chi connectivity index (χ0v) is 14.5. The van der Waals surface area contributed by atoms with Gasteiger partial charge >= 0.3 is 0 Å². The van der Waals surface area contributed by atoms with Gasteiger partial charge in [0, 0.05) is 39.5 Å². The molecule has 2 aromatic carbocycles. The molecule has 0 aliphatic heterocycles. The fraction of sp³-hybridized carbons (Fsp3) is 0. The number of benzene rings is 2. The fourth-order valence-corrected chi connectivity index (χ4v) is 3.19. The first-order chi connectivity index (χ1) is 13.0. The number of anilines is 1. The van der Waals surface area contributed by atoms with Crippen molar-refractivity contribution in [1.29, 1.82) is 0 Å². The Bertz CT molecular complexity index is 1200. The Morgan fingerprint density at radius 2 is 1.93 bits per heavy atom. The lowest BCUT2D eigenvalue weighted by atomic mass is 10.00. The molecule has 2 aromatic heterocycles. The molecule has 0 atom stereocenters. The molecule has 2 heterocycles. The van der Waals surface area contributed by atoms with Gasteiger partial charge in [0.1, 0.15) is 11.5 Å². The van der Waals surface area contributed by atoms with Crippen LogP contribution in [0.1, 0.15) is 15.9 Å². The molecule has 0 aliphatic rings. The van der Waals surface area contributed by atoms with E-state index in [1.165, 1.54) is 6.20 Å². The van der Waals surface area contributed by atoms with Crippen molar-refractivity contribution in [2.75, 3.05) is 5.73 Å². The number of H-pyrrole nitrogens is 1. The largest absolute Gasteiger partial charge is 0.396 e. The van der Waals surface area contributed by atoms with E-state index in [1.54, 1.807) is 24.4 Å². The van der Waals surface area contributed by atoms with E-state index in [-0.39, 0.29) is 11.3 Å². The Labute approximate surface area is 157 Å². The van der Waals surface area contributed by atoms with Crippen molar-refractivity contribution < 1.29 is 13.6 Å². The van der Waals surface area contributed by atoms with Crippen LogP contribution < -0.4 is 5.73 Å². The molecule has 4 nitrogen and oxygen atoms in total. The number of halogens is 3. The van der Waals surface area contributed by atoms with Crippen molar-refractivity contribution >= 4 is 34.1 Å². The molecule has 0 radical (unpaired) electrons. The predicted octanol–water partition coefficient (Wildman–Crippen LogP) is 4.97. The second-order valence-corrected chi connectivity index (χ2v) is 6.36. The molecule has 4 aromatic rings. The van der Waals surface area contributed by atoms with Crippen LogP contribution in [0.4, 0.5) is 14.5 Å². The second-order valence-electron chi connectivity index (χ2n) is 5.96. The standard InChI is InChI=1S/C20H12ClF2N3O/c21-14-4-2-1-3-11(14)10-7-12-13(9-26-20(12)25-8-10)19(27)17-15(22)5-6-16(24)18(17)23/h1-9H,24H2,(H,25,26). The quantitative estimate of drug-likeness (QED) is 0.387. The average molecular weight is 384 g/mol. The molecule has 27 heavy (non-hydrogen) atoms. The van der Waals surface area contributed by atoms with E-state index < -0.39 is 23.0 Å². The maximum absolute atomic E-state index is 14.3. The summed E-state index contributed by atoms with van der Waals surface area (Å²) >= 11 is 6.23. The highest BCUT2D eigenvalue weighted by Crippen LogP contribution is 2.31. The molecule has 4 rings (SSSR count). The molecular weight excluding hydrogens is 372 g/mol. The summed E-state index contributed by atoms with van der Waals surface area (Å²) in [5.41, 5.74) is 6.40. The minimum absolute atomic E-state index is 0.0924. The van der Waals surface area contributed by atoms with Gasteiger partial charge < -0.3 is 10.7 Å². The van der Waals surface area contributed by atoms with Crippen LogP contribution in [0.3, 0.4) is 0 Å². The first-order valence-corrected chi connectivity index (χ1v) is 8.35. The molecule has 0 fully saturated rings. The van der Waals surface area contributed by atoms with Gasteiger partial charge in [0.25, 0.3) is 0 Å². The molecule has 0 bridgehead atoms. The van der Waals surface area contributed by atoms with Crippen LogP contribution >= 0.6 is 11.6 Å². The molecule has 0 spiro atoms. The Kier molecular flexibility index (Phi) is 4.12. The third-order valence-electron chi connectivity index (χ3n) is 4.31. The predicted molar refractivity (Wildman–Crippen MR) is 101 cm³/mol. The third kappa shape index (κ3) is 2.84. The van der Waals surface area contributed by atoms with E-state index >= 15 is 0 Å². The number of fused-ring (bicyclic) bond motifs is 1. The van der Waals surface area contributed by atoms with E-state index in [0.29, 0.717) is 21.6 Å². The van der Waals surface area contributed by atoms with Crippen LogP contribution in [0.25, 0.3) is 22.2 Å². The zero-order chi connectivity index (χ0) is 19.1. The average Bonchev–Trinajstić information content (AvgIpc) is 3.08. The number of aromatic nitrogens is 2. The lowest BCUT2D eigenvalue weighted by molar-refractivity contribution is 0.103. The molecule has 7 heteroatoms. The lowest BCUT2D eigenvalue weighted by Gasteiger charge is -2.07. The van der Waals surface area contributed by atoms with Gasteiger partial charge in [0.2, 0.25) is 5.78 Å². The van der Waals surface area contributed by atoms with Gasteiger partial charge in [-0.15, -0.1) is 0 Å². The van der Waals surface area contributed by atoms with Crippen LogP contribution in [-0.2, 0) is 0 Å². The Balaban J connectivity index is 1.89. The maximum Gasteiger partial charge on any atom is 0.201 e. The van der Waals surface area contributed by atoms with E-state index in [1.807, 2.05) is 12.1 Å². The first-order valence-electron chi connectivity index (χ1n) is 7.97. The topological polar surface area (TPSA) is 71.8 Å². The lowest BCUT2D eigenvalue weighted by Crippen LogP contribution is -2.09. The monoisotopic (exact) mass is 383 g/mol. The van der Waals surface area contributed by atoms with Crippen LogP contribution in [0.5, 0.6) is 0 Å². The minimum atomic E-state index is -1.08. The Morgan fingerprint density at radius 3 is 2.70 bits per heavy atom. The normalized spacial score (nSPS) is 11.1. The van der Waals surface area contributed by atoms with Crippen molar-refractivity contribution in [3.05, 3.63) is 82.6 Å². The number of carbonyl (C=O) groups excluding carboxylic acids is 1. The third-order valence-corrected chi connectivity index (χ3v) is 4.64. The number of aromatic amines is 1. The maximum atomic E-state index is 14.3. The van der Waals surface area contributed by atoms with Crippen molar-refractivity contribution in [3.8, 4) is 11.1 Å². The van der Waals surface area contributed by atoms with Crippen LogP contribution in [0.15, 0.2) is 54.9 Å². The van der Waals surface area contributed by atoms with Crippen LogP contribution in [0.2, 0.25) is 5.02 Å². The van der Waals surface area contributed by atoms with Gasteiger partial charge in [-0.05, 0) is 24.3 Å². The fourth-order valence-electron chi connectivity index (χ4n) is 2.95. The van der Waals surface area contributed by atoms with E-state index in [9.17, 15) is 13.6 Å². The van der Waals surface area contributed by atoms with Crippen molar-refractivity contribution in [3.63, 3.8) is 0 Å². The van der Waals surface area contributed by atoms with E-state index in [0.717, 1.165) is 17.7 Å². The Hall–Kier alpha value is -3.25. The highest BCUT2D eigenvalue weighted by molar-refractivity contribution is 6.33. The SMILES string of the molecule is Nc1ccc(F)c(C(=O)c2c[nH]c3ncc(-c4ccccc4Cl)cc23)c1F. The Morgan fingerprint density at radius 1 is 1.15 bits per heavy atom. The second kappa shape index (κ2) is 6.48. The smallest absolute Gasteiger partial charge is 0.201 e. The molecule has 0 unspecified atom stereocenters. The van der Waals surface area contributed by atoms with Crippen molar-refractivity contribution in [2.45, 2.75) is 0 Å². The summed E-state index contributed by atoms with van der Waals surface area (Å²) in [6.07, 6.45) is 2.98. The summed E-state index contributed by atoms with van der Waals surface area (Å²) in [6, 6.07) is 10.9. The summed E-state index contributed by atoms with van der Waals surface area (Å²) in [5, 5.41) is 0.952. The number of pyridine rings is 1. The van der Waals surface area contributed by atoms with E-state index in [2.05, 4.69) is 9.97 Å². The summed E-state index contributed by atoms with van der Waals surface area (Å²) in [4.78, 5) is 19.9. The number of ketones is 1. The van der Waals surface area contributed by atoms with Crippen molar-refractivity contribution in [2.24, 2.45) is 0 Å². The van der Waals surface area contributed by atoms with Crippen molar-refractivity contribution in [1.82, 2.24) is 9.97 Å². The molecule has 134 valence electrons. The van der Waals surface area contributed by atoms with Gasteiger partial charge in [-0.3, -0.25) is 4.79 Å². The number of rotatable bonds is 3. The van der Waals surface area contributed by atoms with E-state index in [4.69, 9.17) is 17.3 Å². The molecule has 0 saturated carbocycles. The van der Waals surface area contributed by atoms with Crippen LogP contribution in [-0.4, -0.2) is 15.8 Å². The highest BCUT2D eigenvalue weighted by atomic mass is 35.5. The molecular formula is C20H12ClF2N3O. The zero-order valence-electron chi connectivity index (χ0n) is 13.8. The molecule has 0 saturated heterocycles. The highest BCUT2D eigenvalue weighted by Gasteiger charge is 2.24. The number of nitrogens with two attached hydrogens (primary N) is 1. The molecule has 0 aliphatic carbocycles. The first kappa shape index (κ1) is 17.2. The summed E-state index contributed by atoms with van der Waals surface area (Å²) in [6.45, 7) is 0. The van der Waals surface area contributed by atoms with Gasteiger partial charge in [-0.1, -0.05) is 29.8 Å². The number of nitrogen functional groups attached to an aromatic ring is 1. The summed E-state index contributed by atoms with van der Waals surface area (Å²) in [7, 11) is 0. The van der Waals surface area contributed by atoms with Gasteiger partial charge in [0.05, 0.1) is 11.3 Å². The summed E-state index contributed by atoms with van der Waals surface area (Å²) < 4.78 is 28.4. The number of nitrogens with one attached hydrogen (secondary N) is 1. The van der Waals surface area contributed by atoms with Gasteiger partial charge in [0.15, 0.2) is 5.82 Å². The van der Waals surface area contributed by atoms with Gasteiger partial charge in [-0.25, -0.2) is 13.8 Å². The molecule has 0 amide bonds. The molecule has 3 N–H and O–H groups in total. The number of nitrogens with zero attached hydrogens (tertiary/aromatic N) is 1. The summed E-state index contributed by atoms with van der Waals surface area (Å²) in [5.74, 6) is -2.87. The van der Waals surface area contributed by atoms with Gasteiger partial charge in [-0.2, -0.15) is 0 Å². The number of hydrogen-bond donors (Lipinski definition) is 2. The number of carbonyl (C=O) groups is 1. The number of hydrogen-bond acceptors (Lipinski definition) is 3.